The van der Waals surface area contributed by atoms with Gasteiger partial charge < -0.3 is 15.0 Å². The molecule has 0 bridgehead atoms. The van der Waals surface area contributed by atoms with E-state index in [1.807, 2.05) is 20.2 Å². The summed E-state index contributed by atoms with van der Waals surface area (Å²) in [7, 11) is 4.02. The minimum Gasteiger partial charge on any atom is -0.461 e. The van der Waals surface area contributed by atoms with Gasteiger partial charge in [-0.25, -0.2) is 4.98 Å². The molecule has 0 saturated carbocycles. The zero-order valence-corrected chi connectivity index (χ0v) is 17.3. The van der Waals surface area contributed by atoms with Crippen molar-refractivity contribution in [2.75, 3.05) is 24.3 Å². The molecule has 2 aromatic carbocycles. The quantitative estimate of drug-likeness (QED) is 0.674. The minimum atomic E-state index is -1.03. The van der Waals surface area contributed by atoms with Crippen LogP contribution in [0.15, 0.2) is 60.8 Å². The molecule has 1 aliphatic heterocycles. The van der Waals surface area contributed by atoms with Gasteiger partial charge in [-0.3, -0.25) is 4.79 Å². The molecule has 0 aliphatic carbocycles. The highest BCUT2D eigenvalue weighted by molar-refractivity contribution is 6.30. The number of rotatable bonds is 4. The molecule has 1 atom stereocenters. The molecule has 0 saturated heterocycles. The molecule has 5 nitrogen and oxygen atoms in total. The number of halogens is 1. The predicted molar refractivity (Wildman–Crippen MR) is 117 cm³/mol. The third-order valence-electron chi connectivity index (χ3n) is 5.13. The van der Waals surface area contributed by atoms with E-state index in [0.29, 0.717) is 23.0 Å². The summed E-state index contributed by atoms with van der Waals surface area (Å²) >= 11 is 5.92. The number of nitrogens with zero attached hydrogens (tertiary/aromatic N) is 2. The Labute approximate surface area is 175 Å². The van der Waals surface area contributed by atoms with E-state index in [4.69, 9.17) is 16.3 Å². The first-order valence-corrected chi connectivity index (χ1v) is 9.75. The van der Waals surface area contributed by atoms with Gasteiger partial charge in [0.15, 0.2) is 5.60 Å². The second-order valence-corrected chi connectivity index (χ2v) is 7.99. The van der Waals surface area contributed by atoms with Crippen LogP contribution in [0.5, 0.6) is 5.88 Å². The van der Waals surface area contributed by atoms with Crippen molar-refractivity contribution in [2.45, 2.75) is 18.9 Å². The number of ether oxygens (including phenoxy) is 1. The van der Waals surface area contributed by atoms with Crippen molar-refractivity contribution >= 4 is 28.9 Å². The molecule has 1 aliphatic rings. The fourth-order valence-electron chi connectivity index (χ4n) is 3.45. The van der Waals surface area contributed by atoms with Crippen LogP contribution in [-0.4, -0.2) is 30.6 Å². The van der Waals surface area contributed by atoms with E-state index < -0.39 is 5.60 Å². The van der Waals surface area contributed by atoms with Gasteiger partial charge in [-0.2, -0.15) is 0 Å². The van der Waals surface area contributed by atoms with E-state index in [2.05, 4.69) is 39.5 Å². The third-order valence-corrected chi connectivity index (χ3v) is 5.38. The molecule has 1 aromatic heterocycles. The Bertz CT molecular complexity index is 1050. The van der Waals surface area contributed by atoms with Crippen molar-refractivity contribution in [3.05, 3.63) is 71.4 Å². The van der Waals surface area contributed by atoms with Crippen LogP contribution in [0.25, 0.3) is 11.1 Å². The molecule has 2 heterocycles. The number of hydrogen-bond acceptors (Lipinski definition) is 4. The normalized spacial score (nSPS) is 17.4. The Morgan fingerprint density at radius 1 is 1.10 bits per heavy atom. The van der Waals surface area contributed by atoms with Gasteiger partial charge in [0.1, 0.15) is 0 Å². The molecule has 29 heavy (non-hydrogen) atoms. The number of carbonyl (C=O) groups is 1. The van der Waals surface area contributed by atoms with Crippen LogP contribution >= 0.6 is 11.6 Å². The van der Waals surface area contributed by atoms with Gasteiger partial charge in [0.25, 0.3) is 5.91 Å². The van der Waals surface area contributed by atoms with Crippen molar-refractivity contribution in [2.24, 2.45) is 0 Å². The van der Waals surface area contributed by atoms with Crippen molar-refractivity contribution in [3.63, 3.8) is 0 Å². The summed E-state index contributed by atoms with van der Waals surface area (Å²) in [5.41, 5.74) is 3.81. The number of hydrogen-bond donors (Lipinski definition) is 1. The van der Waals surface area contributed by atoms with E-state index in [9.17, 15) is 4.79 Å². The highest BCUT2D eigenvalue weighted by atomic mass is 35.5. The second kappa shape index (κ2) is 7.41. The maximum absolute atomic E-state index is 13.0. The highest BCUT2D eigenvalue weighted by Crippen LogP contribution is 2.40. The molecule has 0 spiro atoms. The zero-order chi connectivity index (χ0) is 20.6. The lowest BCUT2D eigenvalue weighted by atomic mass is 9.93. The second-order valence-electron chi connectivity index (χ2n) is 7.55. The number of carbonyl (C=O) groups excluding carboxylic acids is 1. The van der Waals surface area contributed by atoms with Crippen LogP contribution in [0.4, 0.5) is 11.4 Å². The van der Waals surface area contributed by atoms with Crippen molar-refractivity contribution in [1.29, 1.82) is 0 Å². The zero-order valence-electron chi connectivity index (χ0n) is 16.6. The van der Waals surface area contributed by atoms with E-state index in [0.717, 1.165) is 22.4 Å². The third kappa shape index (κ3) is 3.78. The van der Waals surface area contributed by atoms with Crippen LogP contribution in [-0.2, 0) is 11.2 Å². The topological polar surface area (TPSA) is 54.5 Å². The number of nitrogens with one attached hydrogen (secondary N) is 1. The van der Waals surface area contributed by atoms with Gasteiger partial charge in [-0.15, -0.1) is 0 Å². The summed E-state index contributed by atoms with van der Waals surface area (Å²) in [6, 6.07) is 17.3. The van der Waals surface area contributed by atoms with Crippen LogP contribution in [0.3, 0.4) is 0 Å². The number of anilines is 2. The number of aromatic nitrogens is 1. The summed E-state index contributed by atoms with van der Waals surface area (Å²) in [6.45, 7) is 1.79. The Morgan fingerprint density at radius 2 is 1.79 bits per heavy atom. The SMILES string of the molecule is CN(C)c1ccc(-c2ccnc3c2CC(C)(C(=O)Nc2ccc(Cl)cc2)O3)cc1. The summed E-state index contributed by atoms with van der Waals surface area (Å²) in [6.07, 6.45) is 2.16. The standard InChI is InChI=1S/C23H22ClN3O2/c1-23(22(28)26-17-8-6-16(24)7-9-17)14-20-19(12-13-25-21(20)29-23)15-4-10-18(11-5-15)27(2)3/h4-13H,14H2,1-3H3,(H,26,28). The average molecular weight is 408 g/mol. The fraction of sp³-hybridized carbons (Fsp3) is 0.217. The van der Waals surface area contributed by atoms with E-state index in [1.54, 1.807) is 37.4 Å². The number of fused-ring (bicyclic) bond motifs is 1. The summed E-state index contributed by atoms with van der Waals surface area (Å²) in [5, 5.41) is 3.53. The number of benzene rings is 2. The van der Waals surface area contributed by atoms with Crippen molar-refractivity contribution < 1.29 is 9.53 Å². The molecule has 1 amide bonds. The molecule has 1 unspecified atom stereocenters. The molecular formula is C23H22ClN3O2. The van der Waals surface area contributed by atoms with Crippen LogP contribution < -0.4 is 15.0 Å². The Morgan fingerprint density at radius 3 is 2.45 bits per heavy atom. The van der Waals surface area contributed by atoms with Gasteiger partial charge in [-0.1, -0.05) is 23.7 Å². The van der Waals surface area contributed by atoms with E-state index in [1.165, 1.54) is 0 Å². The first-order chi connectivity index (χ1) is 13.9. The van der Waals surface area contributed by atoms with Crippen LogP contribution in [0.2, 0.25) is 5.02 Å². The highest BCUT2D eigenvalue weighted by Gasteiger charge is 2.43. The maximum atomic E-state index is 13.0. The van der Waals surface area contributed by atoms with Crippen molar-refractivity contribution in [1.82, 2.24) is 4.98 Å². The van der Waals surface area contributed by atoms with Crippen LogP contribution in [0.1, 0.15) is 12.5 Å². The van der Waals surface area contributed by atoms with E-state index >= 15 is 0 Å². The summed E-state index contributed by atoms with van der Waals surface area (Å²) in [5.74, 6) is 0.291. The minimum absolute atomic E-state index is 0.216. The molecule has 3 aromatic rings. The molecule has 0 radical (unpaired) electrons. The molecule has 0 fully saturated rings. The molecule has 1 N–H and O–H groups in total. The van der Waals surface area contributed by atoms with Crippen molar-refractivity contribution in [3.8, 4) is 17.0 Å². The number of amides is 1. The van der Waals surface area contributed by atoms with Gasteiger partial charge in [0.2, 0.25) is 5.88 Å². The monoisotopic (exact) mass is 407 g/mol. The fourth-order valence-corrected chi connectivity index (χ4v) is 3.58. The summed E-state index contributed by atoms with van der Waals surface area (Å²) < 4.78 is 6.02. The number of pyridine rings is 1. The van der Waals surface area contributed by atoms with Crippen LogP contribution in [0, 0.1) is 0 Å². The van der Waals surface area contributed by atoms with Gasteiger partial charge in [0, 0.05) is 48.7 Å². The lowest BCUT2D eigenvalue weighted by Crippen LogP contribution is -2.44. The molecule has 4 rings (SSSR count). The lowest BCUT2D eigenvalue weighted by molar-refractivity contribution is -0.128. The van der Waals surface area contributed by atoms with Gasteiger partial charge >= 0.3 is 0 Å². The largest absolute Gasteiger partial charge is 0.461 e. The van der Waals surface area contributed by atoms with Gasteiger partial charge in [-0.05, 0) is 60.5 Å². The maximum Gasteiger partial charge on any atom is 0.268 e. The average Bonchev–Trinajstić information content (AvgIpc) is 3.07. The summed E-state index contributed by atoms with van der Waals surface area (Å²) in [4.78, 5) is 19.4. The molecular weight excluding hydrogens is 386 g/mol. The van der Waals surface area contributed by atoms with E-state index in [-0.39, 0.29) is 5.91 Å². The molecule has 148 valence electrons. The van der Waals surface area contributed by atoms with Gasteiger partial charge in [0.05, 0.1) is 0 Å². The smallest absolute Gasteiger partial charge is 0.268 e. The Hall–Kier alpha value is -3.05. The Kier molecular flexibility index (Phi) is 4.92. The predicted octanol–water partition coefficient (Wildman–Crippen LogP) is 4.80. The Balaban J connectivity index is 1.59. The lowest BCUT2D eigenvalue weighted by Gasteiger charge is -2.22. The molecule has 6 heteroatoms. The first kappa shape index (κ1) is 19.3. The first-order valence-electron chi connectivity index (χ1n) is 9.37.